The topological polar surface area (TPSA) is 133 Å². The number of benzene rings is 1. The van der Waals surface area contributed by atoms with Crippen LogP contribution in [-0.2, 0) is 14.4 Å². The van der Waals surface area contributed by atoms with Crippen LogP contribution in [0.25, 0.3) is 0 Å². The van der Waals surface area contributed by atoms with Gasteiger partial charge in [0.1, 0.15) is 6.04 Å². The highest BCUT2D eigenvalue weighted by Crippen LogP contribution is 2.10. The first-order valence-corrected chi connectivity index (χ1v) is 6.42. The van der Waals surface area contributed by atoms with Gasteiger partial charge < -0.3 is 20.8 Å². The van der Waals surface area contributed by atoms with Crippen molar-refractivity contribution in [2.45, 2.75) is 25.8 Å². The maximum atomic E-state index is 11.9. The molecule has 1 aromatic rings. The van der Waals surface area contributed by atoms with Gasteiger partial charge in [-0.15, -0.1) is 0 Å². The van der Waals surface area contributed by atoms with Crippen molar-refractivity contribution in [1.82, 2.24) is 5.32 Å². The number of carboxylic acid groups (broad SMARTS) is 2. The summed E-state index contributed by atoms with van der Waals surface area (Å²) < 4.78 is 0. The maximum absolute atomic E-state index is 11.9. The highest BCUT2D eigenvalue weighted by atomic mass is 16.5. The van der Waals surface area contributed by atoms with Gasteiger partial charge in [-0.1, -0.05) is 0 Å². The molecule has 1 rings (SSSR count). The summed E-state index contributed by atoms with van der Waals surface area (Å²) in [7, 11) is 0. The van der Waals surface area contributed by atoms with Crippen LogP contribution in [0.1, 0.15) is 30.1 Å². The molecule has 22 heavy (non-hydrogen) atoms. The third-order valence-electron chi connectivity index (χ3n) is 2.72. The molecule has 2 amide bonds. The Morgan fingerprint density at radius 1 is 1.09 bits per heavy atom. The number of anilines is 1. The Morgan fingerprint density at radius 3 is 2.14 bits per heavy atom. The summed E-state index contributed by atoms with van der Waals surface area (Å²) in [6, 6.07) is 4.58. The SMILES string of the molecule is CC(=O)Nc1ccc(C(=O)N[13C@@H]([13CH2][13CH2][13C](=O)O)[13C](=O)O)cc1. The monoisotopic (exact) mass is 313 g/mol. The third kappa shape index (κ3) is 5.61. The third-order valence-corrected chi connectivity index (χ3v) is 2.72. The van der Waals surface area contributed by atoms with Crippen molar-refractivity contribution in [2.75, 3.05) is 5.32 Å². The molecule has 0 bridgehead atoms. The van der Waals surface area contributed by atoms with Crippen molar-refractivity contribution in [3.05, 3.63) is 29.8 Å². The Hall–Kier alpha value is -2.90. The average Bonchev–Trinajstić information content (AvgIpc) is 2.42. The van der Waals surface area contributed by atoms with Crippen LogP contribution in [-0.4, -0.2) is 40.0 Å². The number of hydrogen-bond acceptors (Lipinski definition) is 4. The summed E-state index contributed by atoms with van der Waals surface area (Å²) in [6.07, 6.45) is -0.570. The maximum Gasteiger partial charge on any atom is 0.326 e. The summed E-state index contributed by atoms with van der Waals surface area (Å²) in [5, 5.41) is 22.3. The lowest BCUT2D eigenvalue weighted by Crippen LogP contribution is -2.41. The normalized spacial score (nSPS) is 11.3. The Balaban J connectivity index is 2.71. The molecule has 0 aromatic heterocycles. The molecule has 8 nitrogen and oxygen atoms in total. The number of nitrogens with one attached hydrogen (secondary N) is 2. The Kier molecular flexibility index (Phi) is 6.06. The van der Waals surface area contributed by atoms with Crippen LogP contribution in [0.2, 0.25) is 0 Å². The molecule has 0 fully saturated rings. The van der Waals surface area contributed by atoms with Crippen LogP contribution in [0.15, 0.2) is 24.3 Å². The van der Waals surface area contributed by atoms with Gasteiger partial charge in [0.2, 0.25) is 5.91 Å². The van der Waals surface area contributed by atoms with Gasteiger partial charge in [-0.2, -0.15) is 0 Å². The van der Waals surface area contributed by atoms with E-state index >= 15 is 0 Å². The molecule has 0 saturated heterocycles. The van der Waals surface area contributed by atoms with Crippen molar-refractivity contribution in [3.63, 3.8) is 0 Å². The van der Waals surface area contributed by atoms with Gasteiger partial charge in [0, 0.05) is 24.6 Å². The summed E-state index contributed by atoms with van der Waals surface area (Å²) in [5.41, 5.74) is 0.709. The molecule has 0 heterocycles. The van der Waals surface area contributed by atoms with Crippen LogP contribution >= 0.6 is 0 Å². The minimum absolute atomic E-state index is 0.204. The fraction of sp³-hybridized carbons (Fsp3) is 0.286. The zero-order valence-corrected chi connectivity index (χ0v) is 11.8. The molecular formula is C14H16N2O6. The Morgan fingerprint density at radius 2 is 1.68 bits per heavy atom. The van der Waals surface area contributed by atoms with E-state index in [1.54, 1.807) is 0 Å². The summed E-state index contributed by atoms with van der Waals surface area (Å²) in [4.78, 5) is 44.3. The van der Waals surface area contributed by atoms with Crippen molar-refractivity contribution in [3.8, 4) is 0 Å². The number of hydrogen-bond donors (Lipinski definition) is 4. The molecular weight excluding hydrogens is 297 g/mol. The zero-order valence-electron chi connectivity index (χ0n) is 11.8. The molecule has 0 unspecified atom stereocenters. The van der Waals surface area contributed by atoms with Gasteiger partial charge in [-0.3, -0.25) is 14.4 Å². The zero-order chi connectivity index (χ0) is 16.7. The standard InChI is InChI=1S/C14H16N2O6/c1-8(17)15-10-4-2-9(3-5-10)13(20)16-11(14(21)22)6-7-12(18)19/h2-5,11H,6-7H2,1H3,(H,15,17)(H,16,20)(H,18,19)(H,21,22)/t11-/m0/s1/i6+1,7+1,11+1,12+1,14+1. The van der Waals surface area contributed by atoms with E-state index in [4.69, 9.17) is 10.2 Å². The lowest BCUT2D eigenvalue weighted by molar-refractivity contribution is -0.140. The Bertz CT molecular complexity index is 582. The molecule has 1 aromatic carbocycles. The number of carbonyl (C=O) groups excluding carboxylic acids is 2. The largest absolute Gasteiger partial charge is 0.481 e. The van der Waals surface area contributed by atoms with E-state index in [-0.39, 0.29) is 24.3 Å². The molecule has 0 saturated carbocycles. The fourth-order valence-corrected chi connectivity index (χ4v) is 1.67. The number of amides is 2. The highest BCUT2D eigenvalue weighted by molar-refractivity contribution is 5.97. The van der Waals surface area contributed by atoms with E-state index in [2.05, 4.69) is 10.6 Å². The van der Waals surface area contributed by atoms with E-state index in [0.717, 1.165) is 0 Å². The summed E-state index contributed by atoms with van der Waals surface area (Å²) in [6.45, 7) is 1.35. The molecule has 0 aliphatic rings. The van der Waals surface area contributed by atoms with E-state index < -0.39 is 23.9 Å². The first-order valence-electron chi connectivity index (χ1n) is 6.42. The first-order chi connectivity index (χ1) is 10.3. The van der Waals surface area contributed by atoms with Gasteiger partial charge in [0.05, 0.1) is 0 Å². The van der Waals surface area contributed by atoms with Gasteiger partial charge in [0.25, 0.3) is 5.91 Å². The van der Waals surface area contributed by atoms with E-state index in [1.807, 2.05) is 0 Å². The second-order valence-corrected chi connectivity index (χ2v) is 4.56. The number of carboxylic acids is 2. The smallest absolute Gasteiger partial charge is 0.326 e. The minimum atomic E-state index is -1.30. The molecule has 0 radical (unpaired) electrons. The van der Waals surface area contributed by atoms with Crippen molar-refractivity contribution >= 4 is 29.4 Å². The van der Waals surface area contributed by atoms with E-state index in [9.17, 15) is 19.2 Å². The van der Waals surface area contributed by atoms with Gasteiger partial charge in [-0.05, 0) is 30.7 Å². The number of rotatable bonds is 7. The van der Waals surface area contributed by atoms with Crippen LogP contribution in [0.4, 0.5) is 5.69 Å². The van der Waals surface area contributed by atoms with Crippen LogP contribution in [0.3, 0.4) is 0 Å². The van der Waals surface area contributed by atoms with Crippen LogP contribution in [0.5, 0.6) is 0 Å². The van der Waals surface area contributed by atoms with Crippen molar-refractivity contribution in [1.29, 1.82) is 0 Å². The first kappa shape index (κ1) is 17.2. The van der Waals surface area contributed by atoms with Gasteiger partial charge >= 0.3 is 11.9 Å². The minimum Gasteiger partial charge on any atom is -0.481 e. The molecule has 8 heteroatoms. The molecule has 118 valence electrons. The van der Waals surface area contributed by atoms with E-state index in [0.29, 0.717) is 5.69 Å². The van der Waals surface area contributed by atoms with Crippen LogP contribution in [0, 0.1) is 0 Å². The molecule has 0 spiro atoms. The molecule has 0 aliphatic carbocycles. The summed E-state index contributed by atoms with van der Waals surface area (Å²) >= 11 is 0. The quantitative estimate of drug-likeness (QED) is 0.547. The van der Waals surface area contributed by atoms with E-state index in [1.165, 1.54) is 31.2 Å². The number of carbonyl (C=O) groups is 4. The lowest BCUT2D eigenvalue weighted by Gasteiger charge is -2.13. The van der Waals surface area contributed by atoms with Crippen molar-refractivity contribution < 1.29 is 29.4 Å². The second-order valence-electron chi connectivity index (χ2n) is 4.56. The van der Waals surface area contributed by atoms with Crippen molar-refractivity contribution in [2.24, 2.45) is 0 Å². The predicted molar refractivity (Wildman–Crippen MR) is 76.5 cm³/mol. The van der Waals surface area contributed by atoms with Gasteiger partial charge in [0.15, 0.2) is 0 Å². The average molecular weight is 313 g/mol. The lowest BCUT2D eigenvalue weighted by atomic mass is 10.2. The Labute approximate surface area is 126 Å². The highest BCUT2D eigenvalue weighted by Gasteiger charge is 2.21. The summed E-state index contributed by atoms with van der Waals surface area (Å²) in [5.74, 6) is -3.33. The van der Waals surface area contributed by atoms with Crippen LogP contribution < -0.4 is 10.6 Å². The second kappa shape index (κ2) is 7.77. The predicted octanol–water partition coefficient (Wildman–Crippen LogP) is 0.693. The molecule has 0 aliphatic heterocycles. The molecule has 4 N–H and O–H groups in total. The van der Waals surface area contributed by atoms with Gasteiger partial charge in [-0.25, -0.2) is 4.79 Å². The number of aliphatic carboxylic acids is 2. The molecule has 1 atom stereocenters. The fourth-order valence-electron chi connectivity index (χ4n) is 1.67.